The van der Waals surface area contributed by atoms with Crippen molar-refractivity contribution >= 4 is 43.2 Å². The molecule has 0 spiro atoms. The molecule has 0 saturated heterocycles. The maximum absolute atomic E-state index is 5.34. The molecule has 0 aliphatic rings. The van der Waals surface area contributed by atoms with Gasteiger partial charge in [-0.1, -0.05) is 0 Å². The van der Waals surface area contributed by atoms with Crippen LogP contribution in [-0.4, -0.2) is 14.2 Å². The summed E-state index contributed by atoms with van der Waals surface area (Å²) in [4.78, 5) is 1.30. The van der Waals surface area contributed by atoms with E-state index in [1.165, 1.54) is 4.88 Å². The van der Waals surface area contributed by atoms with Crippen molar-refractivity contribution in [2.24, 2.45) is 0 Å². The van der Waals surface area contributed by atoms with Crippen LogP contribution in [0.1, 0.15) is 10.4 Å². The summed E-state index contributed by atoms with van der Waals surface area (Å²) in [5.74, 6) is 1.45. The monoisotopic (exact) mass is 419 g/mol. The minimum absolute atomic E-state index is 0.721. The summed E-state index contributed by atoms with van der Waals surface area (Å²) in [6.45, 7) is 1.62. The molecule has 0 atom stereocenters. The van der Waals surface area contributed by atoms with Gasteiger partial charge in [0.1, 0.15) is 0 Å². The van der Waals surface area contributed by atoms with Crippen LogP contribution in [0.3, 0.4) is 0 Å². The Labute approximate surface area is 139 Å². The van der Waals surface area contributed by atoms with Gasteiger partial charge < -0.3 is 14.8 Å². The molecule has 1 N–H and O–H groups in total. The van der Waals surface area contributed by atoms with Gasteiger partial charge in [-0.25, -0.2) is 0 Å². The molecule has 2 rings (SSSR count). The highest BCUT2D eigenvalue weighted by Crippen LogP contribution is 2.36. The third-order valence-electron chi connectivity index (χ3n) is 2.75. The molecule has 0 aliphatic carbocycles. The summed E-state index contributed by atoms with van der Waals surface area (Å²) in [6.07, 6.45) is 0. The van der Waals surface area contributed by atoms with Crippen LogP contribution in [0.15, 0.2) is 32.5 Å². The van der Waals surface area contributed by atoms with Crippen LogP contribution in [0.5, 0.6) is 11.5 Å². The van der Waals surface area contributed by atoms with E-state index in [2.05, 4.69) is 49.3 Å². The lowest BCUT2D eigenvalue weighted by atomic mass is 10.2. The molecule has 0 fully saturated rings. The SMILES string of the molecule is COc1cc(CNCc2ccc(Br)s2)cc(Br)c1OC. The van der Waals surface area contributed by atoms with Crippen molar-refractivity contribution in [3.63, 3.8) is 0 Å². The number of hydrogen-bond donors (Lipinski definition) is 1. The molecule has 0 bridgehead atoms. The van der Waals surface area contributed by atoms with E-state index in [0.717, 1.165) is 38.4 Å². The zero-order valence-electron chi connectivity index (χ0n) is 11.2. The molecule has 0 saturated carbocycles. The molecule has 0 amide bonds. The summed E-state index contributed by atoms with van der Waals surface area (Å²) in [5.41, 5.74) is 1.14. The van der Waals surface area contributed by atoms with E-state index in [-0.39, 0.29) is 0 Å². The molecular formula is C14H15Br2NO2S. The highest BCUT2D eigenvalue weighted by molar-refractivity contribution is 9.11. The lowest BCUT2D eigenvalue weighted by Gasteiger charge is -2.12. The number of hydrogen-bond acceptors (Lipinski definition) is 4. The predicted molar refractivity (Wildman–Crippen MR) is 89.8 cm³/mol. The van der Waals surface area contributed by atoms with Crippen LogP contribution >= 0.6 is 43.2 Å². The molecule has 0 unspecified atom stereocenters. The van der Waals surface area contributed by atoms with Gasteiger partial charge in [0.2, 0.25) is 0 Å². The Morgan fingerprint density at radius 1 is 1.10 bits per heavy atom. The van der Waals surface area contributed by atoms with Crippen molar-refractivity contribution in [1.29, 1.82) is 0 Å². The molecular weight excluding hydrogens is 406 g/mol. The Hall–Kier alpha value is -0.560. The summed E-state index contributed by atoms with van der Waals surface area (Å²) in [7, 11) is 3.28. The van der Waals surface area contributed by atoms with Gasteiger partial charge in [0.05, 0.1) is 22.5 Å². The second-order valence-corrected chi connectivity index (χ2v) is 7.52. The topological polar surface area (TPSA) is 30.5 Å². The Balaban J connectivity index is 2.01. The predicted octanol–water partition coefficient (Wildman–Crippen LogP) is 4.58. The number of ether oxygens (including phenoxy) is 2. The molecule has 0 aliphatic heterocycles. The Morgan fingerprint density at radius 3 is 2.50 bits per heavy atom. The van der Waals surface area contributed by atoms with Crippen molar-refractivity contribution in [1.82, 2.24) is 5.32 Å². The van der Waals surface area contributed by atoms with Crippen molar-refractivity contribution in [2.45, 2.75) is 13.1 Å². The number of halogens is 2. The first kappa shape index (κ1) is 15.8. The lowest BCUT2D eigenvalue weighted by Crippen LogP contribution is -2.12. The van der Waals surface area contributed by atoms with Crippen molar-refractivity contribution in [3.8, 4) is 11.5 Å². The number of thiophene rings is 1. The van der Waals surface area contributed by atoms with Crippen LogP contribution in [-0.2, 0) is 13.1 Å². The van der Waals surface area contributed by atoms with E-state index in [0.29, 0.717) is 0 Å². The van der Waals surface area contributed by atoms with E-state index < -0.39 is 0 Å². The van der Waals surface area contributed by atoms with Gasteiger partial charge >= 0.3 is 0 Å². The molecule has 1 aromatic carbocycles. The van der Waals surface area contributed by atoms with Crippen molar-refractivity contribution in [3.05, 3.63) is 43.0 Å². The fourth-order valence-electron chi connectivity index (χ4n) is 1.85. The minimum atomic E-state index is 0.721. The summed E-state index contributed by atoms with van der Waals surface area (Å²) in [5, 5.41) is 3.42. The molecule has 2 aromatic rings. The smallest absolute Gasteiger partial charge is 0.174 e. The molecule has 3 nitrogen and oxygen atoms in total. The van der Waals surface area contributed by atoms with E-state index in [9.17, 15) is 0 Å². The van der Waals surface area contributed by atoms with E-state index >= 15 is 0 Å². The fourth-order valence-corrected chi connectivity index (χ4v) is 3.95. The molecule has 0 radical (unpaired) electrons. The summed E-state index contributed by atoms with van der Waals surface area (Å²) in [6, 6.07) is 8.21. The van der Waals surface area contributed by atoms with Crippen LogP contribution < -0.4 is 14.8 Å². The minimum Gasteiger partial charge on any atom is -0.493 e. The summed E-state index contributed by atoms with van der Waals surface area (Å²) < 4.78 is 12.7. The fraction of sp³-hybridized carbons (Fsp3) is 0.286. The zero-order valence-corrected chi connectivity index (χ0v) is 15.2. The van der Waals surface area contributed by atoms with Gasteiger partial charge in [0, 0.05) is 18.0 Å². The van der Waals surface area contributed by atoms with Crippen LogP contribution in [0, 0.1) is 0 Å². The van der Waals surface area contributed by atoms with Gasteiger partial charge in [0.25, 0.3) is 0 Å². The molecule has 108 valence electrons. The maximum atomic E-state index is 5.34. The van der Waals surface area contributed by atoms with Gasteiger partial charge in [-0.2, -0.15) is 0 Å². The second kappa shape index (κ2) is 7.45. The second-order valence-electron chi connectivity index (χ2n) is 4.12. The van der Waals surface area contributed by atoms with E-state index in [4.69, 9.17) is 9.47 Å². The van der Waals surface area contributed by atoms with Gasteiger partial charge in [-0.15, -0.1) is 11.3 Å². The van der Waals surface area contributed by atoms with E-state index in [1.54, 1.807) is 25.6 Å². The Morgan fingerprint density at radius 2 is 1.90 bits per heavy atom. The lowest BCUT2D eigenvalue weighted by molar-refractivity contribution is 0.352. The van der Waals surface area contributed by atoms with Gasteiger partial charge in [-0.3, -0.25) is 0 Å². The average Bonchev–Trinajstić information content (AvgIpc) is 2.83. The highest BCUT2D eigenvalue weighted by Gasteiger charge is 2.10. The molecule has 1 heterocycles. The number of nitrogens with one attached hydrogen (secondary N) is 1. The molecule has 1 aromatic heterocycles. The number of rotatable bonds is 6. The third kappa shape index (κ3) is 3.97. The quantitative estimate of drug-likeness (QED) is 0.741. The van der Waals surface area contributed by atoms with E-state index in [1.807, 2.05) is 12.1 Å². The van der Waals surface area contributed by atoms with Crippen LogP contribution in [0.2, 0.25) is 0 Å². The molecule has 6 heteroatoms. The average molecular weight is 421 g/mol. The van der Waals surface area contributed by atoms with Crippen molar-refractivity contribution in [2.75, 3.05) is 14.2 Å². The first-order valence-corrected chi connectivity index (χ1v) is 8.39. The van der Waals surface area contributed by atoms with Gasteiger partial charge in [-0.05, 0) is 61.7 Å². The molecule has 20 heavy (non-hydrogen) atoms. The Bertz CT molecular complexity index is 587. The first-order chi connectivity index (χ1) is 9.63. The zero-order chi connectivity index (χ0) is 14.5. The van der Waals surface area contributed by atoms with Crippen molar-refractivity contribution < 1.29 is 9.47 Å². The summed E-state index contributed by atoms with van der Waals surface area (Å²) >= 11 is 8.71. The maximum Gasteiger partial charge on any atom is 0.174 e. The Kier molecular flexibility index (Phi) is 5.89. The third-order valence-corrected chi connectivity index (χ3v) is 4.96. The largest absolute Gasteiger partial charge is 0.493 e. The highest BCUT2D eigenvalue weighted by atomic mass is 79.9. The first-order valence-electron chi connectivity index (χ1n) is 5.99. The normalized spacial score (nSPS) is 10.6. The van der Waals surface area contributed by atoms with Crippen LogP contribution in [0.4, 0.5) is 0 Å². The number of methoxy groups -OCH3 is 2. The van der Waals surface area contributed by atoms with Crippen LogP contribution in [0.25, 0.3) is 0 Å². The number of benzene rings is 1. The van der Waals surface area contributed by atoms with Gasteiger partial charge in [0.15, 0.2) is 11.5 Å². The standard InChI is InChI=1S/C14H15Br2NO2S/c1-18-12-6-9(5-11(15)14(12)19-2)7-17-8-10-3-4-13(16)20-10/h3-6,17H,7-8H2,1-2H3.